The molecule has 0 saturated carbocycles. The second kappa shape index (κ2) is 11.1. The molecule has 0 aliphatic carbocycles. The third-order valence-electron chi connectivity index (χ3n) is 6.48. The van der Waals surface area contributed by atoms with Gasteiger partial charge in [0.2, 0.25) is 0 Å². The molecule has 9 nitrogen and oxygen atoms in total. The first-order chi connectivity index (χ1) is 19.5. The van der Waals surface area contributed by atoms with E-state index in [0.29, 0.717) is 39.2 Å². The molecule has 5 rings (SSSR count). The molecule has 0 spiro atoms. The maximum Gasteiger partial charge on any atom is 0.410 e. The fraction of sp³-hybridized carbons (Fsp3) is 0.185. The SMILES string of the molecule is Cc1ncc(Nc2c(C#N)cnc3c(Cl)cc(N[C@H](C4=CN(C(C)C(F)(F)F)NN4)c4cccnc4)cc23)cc1F. The molecule has 0 fully saturated rings. The minimum atomic E-state index is -4.46. The van der Waals surface area contributed by atoms with Gasteiger partial charge in [-0.05, 0) is 37.6 Å². The highest BCUT2D eigenvalue weighted by atomic mass is 35.5. The second-order valence-electron chi connectivity index (χ2n) is 9.24. The largest absolute Gasteiger partial charge is 0.410 e. The molecule has 0 radical (unpaired) electrons. The number of hydrogen-bond acceptors (Lipinski definition) is 9. The van der Waals surface area contributed by atoms with Gasteiger partial charge < -0.3 is 16.1 Å². The van der Waals surface area contributed by atoms with E-state index < -0.39 is 24.1 Å². The Hall–Kier alpha value is -4.67. The summed E-state index contributed by atoms with van der Waals surface area (Å²) in [7, 11) is 0. The summed E-state index contributed by atoms with van der Waals surface area (Å²) in [5.74, 6) is -0.522. The third kappa shape index (κ3) is 5.79. The van der Waals surface area contributed by atoms with Crippen molar-refractivity contribution in [2.75, 3.05) is 10.6 Å². The first-order valence-electron chi connectivity index (χ1n) is 12.2. The van der Waals surface area contributed by atoms with Crippen LogP contribution in [0.3, 0.4) is 0 Å². The predicted octanol–water partition coefficient (Wildman–Crippen LogP) is 6.01. The zero-order valence-electron chi connectivity index (χ0n) is 21.6. The summed E-state index contributed by atoms with van der Waals surface area (Å²) >= 11 is 6.61. The molecule has 14 heteroatoms. The lowest BCUT2D eigenvalue weighted by atomic mass is 10.0. The summed E-state index contributed by atoms with van der Waals surface area (Å²) in [6.45, 7) is 2.57. The Labute approximate surface area is 236 Å². The second-order valence-corrected chi connectivity index (χ2v) is 9.65. The third-order valence-corrected chi connectivity index (χ3v) is 6.77. The van der Waals surface area contributed by atoms with Crippen molar-refractivity contribution in [1.82, 2.24) is 30.9 Å². The number of aromatic nitrogens is 3. The van der Waals surface area contributed by atoms with Gasteiger partial charge in [-0.25, -0.2) is 4.39 Å². The normalized spacial score (nSPS) is 14.7. The number of pyridine rings is 3. The number of halogens is 5. The van der Waals surface area contributed by atoms with Gasteiger partial charge in [0.1, 0.15) is 17.9 Å². The highest BCUT2D eigenvalue weighted by molar-refractivity contribution is 6.36. The molecule has 4 aromatic rings. The van der Waals surface area contributed by atoms with E-state index in [1.807, 2.05) is 0 Å². The van der Waals surface area contributed by atoms with Crippen LogP contribution in [0.2, 0.25) is 5.02 Å². The number of nitriles is 1. The zero-order chi connectivity index (χ0) is 29.3. The number of hydrogen-bond donors (Lipinski definition) is 4. The molecule has 1 aromatic carbocycles. The number of anilines is 3. The topological polar surface area (TPSA) is 114 Å². The Bertz CT molecular complexity index is 1670. The Balaban J connectivity index is 1.57. The quantitative estimate of drug-likeness (QED) is 0.194. The number of alkyl halides is 3. The van der Waals surface area contributed by atoms with Gasteiger partial charge in [-0.15, -0.1) is 5.53 Å². The van der Waals surface area contributed by atoms with Gasteiger partial charge in [0, 0.05) is 41.9 Å². The van der Waals surface area contributed by atoms with Crippen molar-refractivity contribution in [2.45, 2.75) is 32.1 Å². The van der Waals surface area contributed by atoms with Crippen LogP contribution in [0, 0.1) is 24.1 Å². The van der Waals surface area contributed by atoms with Crippen LogP contribution in [-0.2, 0) is 0 Å². The van der Waals surface area contributed by atoms with Crippen LogP contribution < -0.4 is 21.6 Å². The van der Waals surface area contributed by atoms with Gasteiger partial charge in [0.15, 0.2) is 0 Å². The van der Waals surface area contributed by atoms with Crippen LogP contribution in [0.5, 0.6) is 0 Å². The Morgan fingerprint density at radius 3 is 2.61 bits per heavy atom. The standard InChI is InChI=1S/C27H22ClF4N9/c1-14-22(29)8-19(12-35-14)38-24-17(9-33)11-36-26-20(24)6-18(7-21(26)28)37-25(16-4-3-5-34-10-16)23-13-41(40-39-23)15(2)27(30,31)32/h3-8,10-13,15,25,37,39-40H,1-2H3,(H,36,38)/t15?,25-/m0/s1. The van der Waals surface area contributed by atoms with E-state index in [0.717, 1.165) is 11.9 Å². The van der Waals surface area contributed by atoms with E-state index in [9.17, 15) is 22.8 Å². The number of rotatable bonds is 7. The molecule has 3 aromatic heterocycles. The van der Waals surface area contributed by atoms with Gasteiger partial charge in [-0.3, -0.25) is 20.0 Å². The summed E-state index contributed by atoms with van der Waals surface area (Å²) in [5.41, 5.74) is 8.26. The van der Waals surface area contributed by atoms with Gasteiger partial charge in [-0.1, -0.05) is 17.7 Å². The predicted molar refractivity (Wildman–Crippen MR) is 146 cm³/mol. The molecule has 1 aliphatic heterocycles. The molecule has 4 N–H and O–H groups in total. The molecule has 4 heterocycles. The number of aryl methyl sites for hydroxylation is 1. The van der Waals surface area contributed by atoms with E-state index in [2.05, 4.69) is 42.6 Å². The number of nitrogens with one attached hydrogen (secondary N) is 4. The molecule has 1 unspecified atom stereocenters. The van der Waals surface area contributed by atoms with E-state index >= 15 is 0 Å². The van der Waals surface area contributed by atoms with E-state index in [4.69, 9.17) is 11.6 Å². The van der Waals surface area contributed by atoms with Gasteiger partial charge >= 0.3 is 6.18 Å². The average Bonchev–Trinajstić information content (AvgIpc) is 3.43. The highest BCUT2D eigenvalue weighted by Crippen LogP contribution is 2.37. The minimum Gasteiger partial charge on any atom is -0.373 e. The fourth-order valence-electron chi connectivity index (χ4n) is 4.19. The molecule has 0 bridgehead atoms. The fourth-order valence-corrected chi connectivity index (χ4v) is 4.46. The summed E-state index contributed by atoms with van der Waals surface area (Å²) < 4.78 is 54.3. The summed E-state index contributed by atoms with van der Waals surface area (Å²) in [5, 5.41) is 17.7. The molecule has 41 heavy (non-hydrogen) atoms. The van der Waals surface area contributed by atoms with E-state index in [1.165, 1.54) is 31.6 Å². The maximum atomic E-state index is 14.2. The Morgan fingerprint density at radius 2 is 1.93 bits per heavy atom. The molecule has 0 saturated heterocycles. The van der Waals surface area contributed by atoms with Gasteiger partial charge in [-0.2, -0.15) is 18.4 Å². The highest BCUT2D eigenvalue weighted by Gasteiger charge is 2.41. The van der Waals surface area contributed by atoms with Crippen LogP contribution in [0.15, 0.2) is 67.0 Å². The van der Waals surface area contributed by atoms with Crippen molar-refractivity contribution in [3.63, 3.8) is 0 Å². The van der Waals surface area contributed by atoms with Crippen molar-refractivity contribution in [1.29, 1.82) is 5.26 Å². The molecule has 1 aliphatic rings. The van der Waals surface area contributed by atoms with Crippen molar-refractivity contribution < 1.29 is 17.6 Å². The van der Waals surface area contributed by atoms with Crippen LogP contribution in [0.4, 0.5) is 34.6 Å². The summed E-state index contributed by atoms with van der Waals surface area (Å²) in [4.78, 5) is 12.5. The van der Waals surface area contributed by atoms with E-state index in [1.54, 1.807) is 36.7 Å². The van der Waals surface area contributed by atoms with Crippen LogP contribution in [0.25, 0.3) is 10.9 Å². The number of hydrazine groups is 2. The smallest absolute Gasteiger partial charge is 0.373 e. The number of benzene rings is 1. The first kappa shape index (κ1) is 27.9. The molecule has 0 amide bonds. The van der Waals surface area contributed by atoms with Crippen molar-refractivity contribution in [3.8, 4) is 6.07 Å². The number of nitrogens with zero attached hydrogens (tertiary/aromatic N) is 5. The molecular weight excluding hydrogens is 562 g/mol. The molecule has 2 atom stereocenters. The van der Waals surface area contributed by atoms with Crippen molar-refractivity contribution in [3.05, 3.63) is 94.7 Å². The average molecular weight is 584 g/mol. The molecule has 210 valence electrons. The van der Waals surface area contributed by atoms with Crippen LogP contribution in [0.1, 0.15) is 29.8 Å². The van der Waals surface area contributed by atoms with Crippen molar-refractivity contribution in [2.24, 2.45) is 0 Å². The van der Waals surface area contributed by atoms with Gasteiger partial charge in [0.05, 0.1) is 51.1 Å². The first-order valence-corrected chi connectivity index (χ1v) is 12.6. The lowest BCUT2D eigenvalue weighted by Gasteiger charge is -2.25. The zero-order valence-corrected chi connectivity index (χ0v) is 22.3. The lowest BCUT2D eigenvalue weighted by Crippen LogP contribution is -2.48. The molecular formula is C27H22ClF4N9. The minimum absolute atomic E-state index is 0.177. The van der Waals surface area contributed by atoms with Crippen LogP contribution in [-0.4, -0.2) is 32.2 Å². The lowest BCUT2D eigenvalue weighted by molar-refractivity contribution is -0.178. The number of fused-ring (bicyclic) bond motifs is 1. The summed E-state index contributed by atoms with van der Waals surface area (Å²) in [6, 6.07) is 7.63. The van der Waals surface area contributed by atoms with E-state index in [-0.39, 0.29) is 16.3 Å². The van der Waals surface area contributed by atoms with Crippen molar-refractivity contribution >= 4 is 39.6 Å². The Kier molecular flexibility index (Phi) is 7.53. The van der Waals surface area contributed by atoms with Crippen LogP contribution >= 0.6 is 11.6 Å². The monoisotopic (exact) mass is 583 g/mol. The summed E-state index contributed by atoms with van der Waals surface area (Å²) in [6.07, 6.45) is 2.82. The Morgan fingerprint density at radius 1 is 1.12 bits per heavy atom. The van der Waals surface area contributed by atoms with Gasteiger partial charge in [0.25, 0.3) is 0 Å². The maximum absolute atomic E-state index is 14.2.